The van der Waals surface area contributed by atoms with E-state index in [0.717, 1.165) is 126 Å². The van der Waals surface area contributed by atoms with E-state index in [2.05, 4.69) is 36.7 Å². The van der Waals surface area contributed by atoms with Crippen molar-refractivity contribution >= 4 is 45.9 Å². The fourth-order valence-electron chi connectivity index (χ4n) is 11.0. The first-order valence-corrected chi connectivity index (χ1v) is 22.7. The number of para-hydroxylation sites is 1. The molecular weight excluding hydrogens is 813 g/mol. The molecule has 4 aliphatic heterocycles. The number of hydrogen-bond acceptors (Lipinski definition) is 10. The summed E-state index contributed by atoms with van der Waals surface area (Å²) in [5.74, 6) is 0.613. The molecule has 334 valence electrons. The van der Waals surface area contributed by atoms with Crippen molar-refractivity contribution in [2.24, 2.45) is 18.9 Å². The minimum Gasteiger partial charge on any atom is -0.371 e. The van der Waals surface area contributed by atoms with E-state index in [9.17, 15) is 28.0 Å². The largest absolute Gasteiger partial charge is 0.371 e. The van der Waals surface area contributed by atoms with Gasteiger partial charge in [-0.2, -0.15) is 10.2 Å². The van der Waals surface area contributed by atoms with E-state index < -0.39 is 30.0 Å². The predicted molar refractivity (Wildman–Crippen MR) is 230 cm³/mol. The summed E-state index contributed by atoms with van der Waals surface area (Å²) in [6.07, 6.45) is 13.7. The molecule has 0 spiro atoms. The van der Waals surface area contributed by atoms with Crippen LogP contribution < -0.4 is 21.2 Å². The molecule has 8 heterocycles. The van der Waals surface area contributed by atoms with Crippen molar-refractivity contribution in [2.75, 3.05) is 42.9 Å². The zero-order chi connectivity index (χ0) is 43.4. The van der Waals surface area contributed by atoms with Crippen LogP contribution in [0.15, 0.2) is 47.7 Å². The Morgan fingerprint density at radius 2 is 1.75 bits per heavy atom. The molecule has 18 heteroatoms. The topological polar surface area (TPSA) is 166 Å². The minimum atomic E-state index is -2.85. The number of aromatic nitrogens is 7. The molecule has 10 rings (SSSR count). The van der Waals surface area contributed by atoms with E-state index in [4.69, 9.17) is 9.72 Å². The van der Waals surface area contributed by atoms with E-state index in [1.807, 2.05) is 18.2 Å². The number of carbonyl (C=O) groups excluding carboxylic acids is 3. The van der Waals surface area contributed by atoms with Crippen LogP contribution in [0.5, 0.6) is 0 Å². The number of nitrogens with zero attached hydrogens (tertiary/aromatic N) is 9. The molecule has 0 radical (unpaired) electrons. The second-order valence-electron chi connectivity index (χ2n) is 18.4. The summed E-state index contributed by atoms with van der Waals surface area (Å²) in [5, 5.41) is 13.7. The molecule has 3 atom stereocenters. The monoisotopic (exact) mass is 867 g/mol. The lowest BCUT2D eigenvalue weighted by atomic mass is 9.84. The van der Waals surface area contributed by atoms with Gasteiger partial charge in [-0.1, -0.05) is 18.6 Å². The van der Waals surface area contributed by atoms with Gasteiger partial charge in [0, 0.05) is 45.5 Å². The second-order valence-corrected chi connectivity index (χ2v) is 18.4. The molecule has 4 aromatic heterocycles. The number of anilines is 2. The van der Waals surface area contributed by atoms with Crippen LogP contribution in [0.4, 0.5) is 20.3 Å². The van der Waals surface area contributed by atoms with Gasteiger partial charge in [0.1, 0.15) is 17.4 Å². The Morgan fingerprint density at radius 1 is 0.968 bits per heavy atom. The highest BCUT2D eigenvalue weighted by Gasteiger charge is 2.36. The Morgan fingerprint density at radius 3 is 2.49 bits per heavy atom. The molecule has 1 aromatic carbocycles. The van der Waals surface area contributed by atoms with E-state index in [-0.39, 0.29) is 47.5 Å². The Labute approximate surface area is 362 Å². The maximum atomic E-state index is 14.3. The van der Waals surface area contributed by atoms with E-state index in [1.54, 1.807) is 33.3 Å². The van der Waals surface area contributed by atoms with Crippen molar-refractivity contribution in [3.05, 3.63) is 70.2 Å². The second kappa shape index (κ2) is 17.2. The average molecular weight is 868 g/mol. The molecule has 5 aromatic rings. The number of hydrogen-bond donors (Lipinski definition) is 2. The van der Waals surface area contributed by atoms with Crippen LogP contribution in [0.25, 0.3) is 16.7 Å². The lowest BCUT2D eigenvalue weighted by Gasteiger charge is -2.36. The third-order valence-electron chi connectivity index (χ3n) is 14.4. The number of imidazole rings is 1. The number of aryl methyl sites for hydroxylation is 2. The quantitative estimate of drug-likeness (QED) is 0.151. The fourth-order valence-corrected chi connectivity index (χ4v) is 11.0. The molecule has 16 nitrogen and oxygen atoms in total. The predicted octanol–water partition coefficient (Wildman–Crippen LogP) is 5.58. The zero-order valence-electron chi connectivity index (χ0n) is 35.6. The number of likely N-dealkylation sites (tertiary alicyclic amines) is 1. The number of nitrogens with one attached hydrogen (secondary N) is 2. The number of ether oxygens (including phenoxy) is 1. The van der Waals surface area contributed by atoms with Gasteiger partial charge in [0.25, 0.3) is 12.3 Å². The molecule has 63 heavy (non-hydrogen) atoms. The molecule has 1 unspecified atom stereocenters. The summed E-state index contributed by atoms with van der Waals surface area (Å²) in [6.45, 7) is 4.61. The first kappa shape index (κ1) is 41.5. The molecule has 5 aliphatic rings. The third-order valence-corrected chi connectivity index (χ3v) is 14.4. The Kier molecular flexibility index (Phi) is 11.4. The van der Waals surface area contributed by atoms with Gasteiger partial charge in [-0.05, 0) is 113 Å². The van der Waals surface area contributed by atoms with Crippen molar-refractivity contribution in [3.8, 4) is 0 Å². The fraction of sp³-hybridized carbons (Fsp3) is 0.578. The van der Waals surface area contributed by atoms with E-state index in [1.165, 1.54) is 10.7 Å². The van der Waals surface area contributed by atoms with Gasteiger partial charge in [-0.3, -0.25) is 33.5 Å². The van der Waals surface area contributed by atoms with Gasteiger partial charge in [-0.15, -0.1) is 0 Å². The summed E-state index contributed by atoms with van der Waals surface area (Å²) < 4.78 is 41.0. The SMILES string of the molecule is Cn1c(=O)n(C2CCC(=O)NC2=O)c2cccc(CCCC3CCN(C[C@H]4CC[C@H](n5cc(NC(=O)c6cnn7ccc(N8C[C@H]9CC[C@@H](C8)O9)nc67)c(C(F)F)n5)CC4)CC3)c21. The number of amides is 3. The maximum Gasteiger partial charge on any atom is 0.329 e. The van der Waals surface area contributed by atoms with Crippen LogP contribution >= 0.6 is 0 Å². The Hall–Kier alpha value is -5.49. The molecule has 5 fully saturated rings. The number of fused-ring (bicyclic) bond motifs is 4. The van der Waals surface area contributed by atoms with Gasteiger partial charge in [0.2, 0.25) is 11.8 Å². The number of carbonyl (C=O) groups is 3. The van der Waals surface area contributed by atoms with Crippen molar-refractivity contribution in [1.82, 2.24) is 43.7 Å². The average Bonchev–Trinajstić information content (AvgIpc) is 4.05. The third kappa shape index (κ3) is 8.27. The molecule has 2 N–H and O–H groups in total. The number of imide groups is 1. The van der Waals surface area contributed by atoms with Crippen molar-refractivity contribution in [3.63, 3.8) is 0 Å². The lowest BCUT2D eigenvalue weighted by Crippen LogP contribution is -2.44. The number of benzene rings is 1. The summed E-state index contributed by atoms with van der Waals surface area (Å²) in [7, 11) is 1.75. The van der Waals surface area contributed by atoms with Crippen molar-refractivity contribution in [1.29, 1.82) is 0 Å². The van der Waals surface area contributed by atoms with Crippen LogP contribution in [-0.4, -0.2) is 101 Å². The van der Waals surface area contributed by atoms with Crippen molar-refractivity contribution < 1.29 is 27.9 Å². The first-order chi connectivity index (χ1) is 30.6. The Bertz CT molecular complexity index is 2570. The van der Waals surface area contributed by atoms with E-state index in [0.29, 0.717) is 23.9 Å². The van der Waals surface area contributed by atoms with Crippen LogP contribution in [0, 0.1) is 11.8 Å². The van der Waals surface area contributed by atoms with Crippen molar-refractivity contribution in [2.45, 2.75) is 114 Å². The highest BCUT2D eigenvalue weighted by atomic mass is 19.3. The smallest absolute Gasteiger partial charge is 0.329 e. The number of piperidine rings is 2. The van der Waals surface area contributed by atoms with Gasteiger partial charge >= 0.3 is 5.69 Å². The highest BCUT2D eigenvalue weighted by molar-refractivity contribution is 6.08. The summed E-state index contributed by atoms with van der Waals surface area (Å²) >= 11 is 0. The normalized spacial score (nSPS) is 24.8. The van der Waals surface area contributed by atoms with Gasteiger partial charge in [0.05, 0.1) is 41.2 Å². The number of rotatable bonds is 12. The summed E-state index contributed by atoms with van der Waals surface area (Å²) in [5.41, 5.74) is 2.57. The van der Waals surface area contributed by atoms with Crippen LogP contribution in [0.1, 0.15) is 117 Å². The summed E-state index contributed by atoms with van der Waals surface area (Å²) in [6, 6.07) is 7.06. The number of alkyl halides is 2. The van der Waals surface area contributed by atoms with Gasteiger partial charge < -0.3 is 19.9 Å². The molecule has 1 aliphatic carbocycles. The molecular formula is C45H55F2N11O5. The van der Waals surface area contributed by atoms with Crippen LogP contribution in [-0.2, 0) is 27.8 Å². The molecule has 2 bridgehead atoms. The highest BCUT2D eigenvalue weighted by Crippen LogP contribution is 2.37. The minimum absolute atomic E-state index is 0.00629. The molecule has 4 saturated heterocycles. The molecule has 3 amide bonds. The standard InChI is InChI=1S/C45H55F2N11O5/c1-53-40-29(6-3-7-35(40)58(45(53)62)36-14-15-38(59)51-44(36)61)5-2-4-27-16-19-54(20-17-27)23-28-8-10-30(11-9-28)57-26-34(39(52-57)41(46)47)49-43(60)33-22-48-56-21-18-37(50-42(33)56)55-24-31-12-13-32(25-55)63-31/h3,6-7,18,21-22,26-28,30-32,36,41H,2,4-5,8-17,19-20,23-25H2,1H3,(H,49,60)(H,51,59,61)/t28-,30-,31-,32+,36?. The lowest BCUT2D eigenvalue weighted by molar-refractivity contribution is -0.135. The number of halogens is 2. The summed E-state index contributed by atoms with van der Waals surface area (Å²) in [4.78, 5) is 60.8. The Balaban J connectivity index is 0.699. The number of morpholine rings is 1. The zero-order valence-corrected chi connectivity index (χ0v) is 35.6. The first-order valence-electron chi connectivity index (χ1n) is 22.7. The molecule has 1 saturated carbocycles. The van der Waals surface area contributed by atoms with Crippen LogP contribution in [0.2, 0.25) is 0 Å². The maximum absolute atomic E-state index is 14.3. The van der Waals surface area contributed by atoms with Gasteiger partial charge in [0.15, 0.2) is 11.3 Å². The van der Waals surface area contributed by atoms with Gasteiger partial charge in [-0.25, -0.2) is 23.1 Å². The van der Waals surface area contributed by atoms with E-state index >= 15 is 0 Å². The van der Waals surface area contributed by atoms with Crippen LogP contribution in [0.3, 0.4) is 0 Å².